The molecule has 1 unspecified atom stereocenters. The summed E-state index contributed by atoms with van der Waals surface area (Å²) < 4.78 is 32.6. The first-order valence-electron chi connectivity index (χ1n) is 7.44. The summed E-state index contributed by atoms with van der Waals surface area (Å²) in [5.74, 6) is 0.397. The van der Waals surface area contributed by atoms with Gasteiger partial charge in [0.1, 0.15) is 5.75 Å². The Morgan fingerprint density at radius 1 is 1.42 bits per heavy atom. The maximum absolute atomic E-state index is 12.6. The van der Waals surface area contributed by atoms with Gasteiger partial charge in [0.25, 0.3) is 5.69 Å². The molecule has 1 saturated carbocycles. The minimum atomic E-state index is -4.04. The quantitative estimate of drug-likeness (QED) is 0.550. The standard InChI is InChI=1S/C14H21N3O5S.ClH/c1-22-11-6-7-14(13(8-11)17(18)19)23(20,21)16-12(9-15)10-4-2-3-5-10;/h6-8,10,12,16H,2-5,9,15H2,1H3;1H. The van der Waals surface area contributed by atoms with Crippen molar-refractivity contribution in [2.24, 2.45) is 11.7 Å². The highest BCUT2D eigenvalue weighted by Crippen LogP contribution is 2.31. The molecule has 0 radical (unpaired) electrons. The van der Waals surface area contributed by atoms with Crippen molar-refractivity contribution in [2.75, 3.05) is 13.7 Å². The SMILES string of the molecule is COc1ccc(S(=O)(=O)NC(CN)C2CCCC2)c([N+](=O)[O-])c1.Cl. The van der Waals surface area contributed by atoms with Crippen LogP contribution in [0.15, 0.2) is 23.1 Å². The van der Waals surface area contributed by atoms with Gasteiger partial charge in [-0.15, -0.1) is 12.4 Å². The Balaban J connectivity index is 0.00000288. The number of rotatable bonds is 7. The largest absolute Gasteiger partial charge is 0.497 e. The molecule has 1 atom stereocenters. The number of nitro benzene ring substituents is 1. The zero-order chi connectivity index (χ0) is 17.0. The molecule has 0 amide bonds. The summed E-state index contributed by atoms with van der Waals surface area (Å²) in [5.41, 5.74) is 5.19. The number of nitrogens with two attached hydrogens (primary N) is 1. The van der Waals surface area contributed by atoms with Crippen molar-refractivity contribution in [3.8, 4) is 5.75 Å². The van der Waals surface area contributed by atoms with Crippen molar-refractivity contribution in [1.29, 1.82) is 0 Å². The van der Waals surface area contributed by atoms with E-state index in [0.717, 1.165) is 31.7 Å². The summed E-state index contributed by atoms with van der Waals surface area (Å²) in [4.78, 5) is 10.1. The van der Waals surface area contributed by atoms with Gasteiger partial charge in [-0.25, -0.2) is 13.1 Å². The van der Waals surface area contributed by atoms with E-state index in [1.807, 2.05) is 0 Å². The summed E-state index contributed by atoms with van der Waals surface area (Å²) in [7, 11) is -2.68. The van der Waals surface area contributed by atoms with Crippen LogP contribution in [0.2, 0.25) is 0 Å². The Hall–Kier alpha value is -1.42. The summed E-state index contributed by atoms with van der Waals surface area (Å²) in [6.45, 7) is 0.161. The van der Waals surface area contributed by atoms with Gasteiger partial charge in [-0.05, 0) is 30.9 Å². The molecule has 0 heterocycles. The highest BCUT2D eigenvalue weighted by atomic mass is 35.5. The van der Waals surface area contributed by atoms with E-state index >= 15 is 0 Å². The third kappa shape index (κ3) is 4.56. The Morgan fingerprint density at radius 3 is 2.54 bits per heavy atom. The Morgan fingerprint density at radius 2 is 2.04 bits per heavy atom. The summed E-state index contributed by atoms with van der Waals surface area (Å²) >= 11 is 0. The molecular weight excluding hydrogens is 358 g/mol. The minimum absolute atomic E-state index is 0. The highest BCUT2D eigenvalue weighted by Gasteiger charge is 2.32. The first kappa shape index (κ1) is 20.6. The Labute approximate surface area is 147 Å². The fourth-order valence-corrected chi connectivity index (χ4v) is 4.42. The molecule has 1 fully saturated rings. The number of ether oxygens (including phenoxy) is 1. The molecule has 136 valence electrons. The lowest BCUT2D eigenvalue weighted by atomic mass is 9.99. The van der Waals surface area contributed by atoms with Gasteiger partial charge in [-0.3, -0.25) is 10.1 Å². The molecule has 1 aliphatic rings. The zero-order valence-corrected chi connectivity index (χ0v) is 14.9. The van der Waals surface area contributed by atoms with Crippen LogP contribution >= 0.6 is 12.4 Å². The number of nitrogens with zero attached hydrogens (tertiary/aromatic N) is 1. The van der Waals surface area contributed by atoms with Gasteiger partial charge < -0.3 is 10.5 Å². The number of sulfonamides is 1. The average Bonchev–Trinajstić information content (AvgIpc) is 3.06. The van der Waals surface area contributed by atoms with Crippen LogP contribution in [-0.4, -0.2) is 33.0 Å². The molecule has 8 nitrogen and oxygen atoms in total. The van der Waals surface area contributed by atoms with Gasteiger partial charge in [0.05, 0.1) is 18.1 Å². The van der Waals surface area contributed by atoms with Crippen LogP contribution in [0.25, 0.3) is 0 Å². The molecule has 24 heavy (non-hydrogen) atoms. The van der Waals surface area contributed by atoms with Crippen LogP contribution in [0.5, 0.6) is 5.75 Å². The number of nitro groups is 1. The molecule has 10 heteroatoms. The van der Waals surface area contributed by atoms with Gasteiger partial charge in [0.2, 0.25) is 10.0 Å². The van der Waals surface area contributed by atoms with Crippen LogP contribution in [0, 0.1) is 16.0 Å². The van der Waals surface area contributed by atoms with E-state index in [9.17, 15) is 18.5 Å². The van der Waals surface area contributed by atoms with Gasteiger partial charge in [0, 0.05) is 12.6 Å². The van der Waals surface area contributed by atoms with Crippen LogP contribution in [0.4, 0.5) is 5.69 Å². The second-order valence-electron chi connectivity index (χ2n) is 5.60. The molecule has 0 aliphatic heterocycles. The molecule has 0 bridgehead atoms. The number of nitrogens with one attached hydrogen (secondary N) is 1. The predicted molar refractivity (Wildman–Crippen MR) is 92.0 cm³/mol. The van der Waals surface area contributed by atoms with Gasteiger partial charge in [-0.2, -0.15) is 0 Å². The normalized spacial score (nSPS) is 16.4. The summed E-state index contributed by atoms with van der Waals surface area (Å²) in [6, 6.07) is 3.25. The number of hydrogen-bond donors (Lipinski definition) is 2. The lowest BCUT2D eigenvalue weighted by Crippen LogP contribution is -2.44. The molecule has 0 aromatic heterocycles. The number of methoxy groups -OCH3 is 1. The van der Waals surface area contributed by atoms with E-state index in [1.165, 1.54) is 19.2 Å². The molecule has 1 aromatic rings. The van der Waals surface area contributed by atoms with E-state index in [1.54, 1.807) is 0 Å². The van der Waals surface area contributed by atoms with E-state index in [0.29, 0.717) is 0 Å². The van der Waals surface area contributed by atoms with Crippen molar-refractivity contribution < 1.29 is 18.1 Å². The molecule has 3 N–H and O–H groups in total. The van der Waals surface area contributed by atoms with Gasteiger partial charge in [0.15, 0.2) is 4.90 Å². The monoisotopic (exact) mass is 379 g/mol. The van der Waals surface area contributed by atoms with Crippen molar-refractivity contribution in [3.63, 3.8) is 0 Å². The number of benzene rings is 1. The lowest BCUT2D eigenvalue weighted by Gasteiger charge is -2.22. The van der Waals surface area contributed by atoms with Crippen LogP contribution in [0.1, 0.15) is 25.7 Å². The van der Waals surface area contributed by atoms with Crippen molar-refractivity contribution in [1.82, 2.24) is 4.72 Å². The number of hydrogen-bond acceptors (Lipinski definition) is 6. The van der Waals surface area contributed by atoms with Crippen LogP contribution < -0.4 is 15.2 Å². The van der Waals surface area contributed by atoms with E-state index in [-0.39, 0.29) is 35.5 Å². The van der Waals surface area contributed by atoms with Crippen LogP contribution in [0.3, 0.4) is 0 Å². The fraction of sp³-hybridized carbons (Fsp3) is 0.571. The maximum Gasteiger partial charge on any atom is 0.293 e. The summed E-state index contributed by atoms with van der Waals surface area (Å²) in [6.07, 6.45) is 3.92. The van der Waals surface area contributed by atoms with Crippen molar-refractivity contribution >= 4 is 28.1 Å². The zero-order valence-electron chi connectivity index (χ0n) is 13.3. The molecular formula is C14H22ClN3O5S. The van der Waals surface area contributed by atoms with E-state index in [2.05, 4.69) is 4.72 Å². The van der Waals surface area contributed by atoms with Crippen molar-refractivity contribution in [3.05, 3.63) is 28.3 Å². The molecule has 1 aliphatic carbocycles. The molecule has 0 spiro atoms. The smallest absolute Gasteiger partial charge is 0.293 e. The van der Waals surface area contributed by atoms with Gasteiger partial charge >= 0.3 is 0 Å². The first-order valence-corrected chi connectivity index (χ1v) is 8.92. The van der Waals surface area contributed by atoms with E-state index < -0.39 is 26.7 Å². The minimum Gasteiger partial charge on any atom is -0.497 e. The molecule has 1 aromatic carbocycles. The Kier molecular flexibility index (Phi) is 7.40. The maximum atomic E-state index is 12.6. The van der Waals surface area contributed by atoms with Gasteiger partial charge in [-0.1, -0.05) is 12.8 Å². The van der Waals surface area contributed by atoms with Crippen molar-refractivity contribution in [2.45, 2.75) is 36.6 Å². The second-order valence-corrected chi connectivity index (χ2v) is 7.28. The predicted octanol–water partition coefficient (Wildman–Crippen LogP) is 1.82. The summed E-state index contributed by atoms with van der Waals surface area (Å²) in [5, 5.41) is 11.2. The van der Waals surface area contributed by atoms with E-state index in [4.69, 9.17) is 10.5 Å². The van der Waals surface area contributed by atoms with Crippen LogP contribution in [-0.2, 0) is 10.0 Å². The first-order chi connectivity index (χ1) is 10.9. The average molecular weight is 380 g/mol. The third-order valence-electron chi connectivity index (χ3n) is 4.18. The topological polar surface area (TPSA) is 125 Å². The molecule has 0 saturated heterocycles. The Bertz CT molecular complexity index is 677. The highest BCUT2D eigenvalue weighted by molar-refractivity contribution is 7.89. The third-order valence-corrected chi connectivity index (χ3v) is 5.72. The second kappa shape index (κ2) is 8.61. The fourth-order valence-electron chi connectivity index (χ4n) is 2.95. The number of halogens is 1. The lowest BCUT2D eigenvalue weighted by molar-refractivity contribution is -0.387. The molecule has 2 rings (SSSR count).